The SMILES string of the molecule is CCOc1cc(NC(C)=O)ccc1C(=O)OC.[H-].[Na+]. The van der Waals surface area contributed by atoms with Crippen molar-refractivity contribution in [2.45, 2.75) is 13.8 Å². The van der Waals surface area contributed by atoms with E-state index in [4.69, 9.17) is 4.74 Å². The van der Waals surface area contributed by atoms with Gasteiger partial charge in [0.1, 0.15) is 11.3 Å². The van der Waals surface area contributed by atoms with Gasteiger partial charge in [-0.2, -0.15) is 0 Å². The van der Waals surface area contributed by atoms with Crippen LogP contribution in [0.5, 0.6) is 5.75 Å². The summed E-state index contributed by atoms with van der Waals surface area (Å²) in [5.74, 6) is -0.258. The molecule has 0 aliphatic rings. The number of ether oxygens (including phenoxy) is 2. The third-order valence-electron chi connectivity index (χ3n) is 2.01. The standard InChI is InChI=1S/C12H15NO4.Na.H/c1-4-17-11-7-9(13-8(2)14)5-6-10(11)12(15)16-3;;/h5-7H,4H2,1-3H3,(H,13,14);;/q;+1;-1. The zero-order valence-corrected chi connectivity index (χ0v) is 13.1. The van der Waals surface area contributed by atoms with Crippen LogP contribution in [0.25, 0.3) is 0 Å². The van der Waals surface area contributed by atoms with Gasteiger partial charge >= 0.3 is 35.5 Å². The Bertz CT molecular complexity index is 440. The molecule has 94 valence electrons. The van der Waals surface area contributed by atoms with Gasteiger partial charge < -0.3 is 16.2 Å². The zero-order valence-electron chi connectivity index (χ0n) is 12.1. The first-order chi connectivity index (χ1) is 8.08. The number of hydrogen-bond acceptors (Lipinski definition) is 4. The van der Waals surface area contributed by atoms with Crippen LogP contribution in [0.15, 0.2) is 18.2 Å². The van der Waals surface area contributed by atoms with Gasteiger partial charge in [-0.05, 0) is 19.1 Å². The van der Waals surface area contributed by atoms with E-state index in [1.165, 1.54) is 14.0 Å². The smallest absolute Gasteiger partial charge is 1.00 e. The molecule has 0 aromatic heterocycles. The van der Waals surface area contributed by atoms with Crippen LogP contribution in [0.2, 0.25) is 0 Å². The third kappa shape index (κ3) is 4.68. The van der Waals surface area contributed by atoms with Crippen molar-refractivity contribution in [2.75, 3.05) is 19.0 Å². The van der Waals surface area contributed by atoms with Crippen molar-refractivity contribution in [3.8, 4) is 5.75 Å². The van der Waals surface area contributed by atoms with Gasteiger partial charge in [-0.3, -0.25) is 4.79 Å². The number of benzene rings is 1. The molecule has 0 atom stereocenters. The Hall–Kier alpha value is -1.04. The summed E-state index contributed by atoms with van der Waals surface area (Å²) in [5, 5.41) is 2.62. The minimum absolute atomic E-state index is 0. The molecule has 0 heterocycles. The van der Waals surface area contributed by atoms with E-state index in [1.807, 2.05) is 6.92 Å². The van der Waals surface area contributed by atoms with Crippen LogP contribution in [-0.2, 0) is 9.53 Å². The maximum Gasteiger partial charge on any atom is 1.00 e. The van der Waals surface area contributed by atoms with Crippen molar-refractivity contribution in [1.82, 2.24) is 0 Å². The second kappa shape index (κ2) is 8.13. The number of nitrogens with one attached hydrogen (secondary N) is 1. The fraction of sp³-hybridized carbons (Fsp3) is 0.333. The molecule has 0 aliphatic heterocycles. The number of rotatable bonds is 4. The Labute approximate surface area is 130 Å². The average molecular weight is 261 g/mol. The maximum absolute atomic E-state index is 11.5. The Balaban J connectivity index is 0. The monoisotopic (exact) mass is 261 g/mol. The summed E-state index contributed by atoms with van der Waals surface area (Å²) in [7, 11) is 1.31. The normalized spacial score (nSPS) is 9.06. The summed E-state index contributed by atoms with van der Waals surface area (Å²) >= 11 is 0. The van der Waals surface area contributed by atoms with Crippen LogP contribution in [0.3, 0.4) is 0 Å². The van der Waals surface area contributed by atoms with E-state index in [1.54, 1.807) is 18.2 Å². The van der Waals surface area contributed by atoms with Crippen LogP contribution in [0.1, 0.15) is 25.6 Å². The minimum atomic E-state index is -0.470. The predicted octanol–water partition coefficient (Wildman–Crippen LogP) is -1.05. The molecule has 0 unspecified atom stereocenters. The Kier molecular flexibility index (Phi) is 7.66. The molecular weight excluding hydrogens is 245 g/mol. The number of carbonyl (C=O) groups is 2. The van der Waals surface area contributed by atoms with Gasteiger partial charge in [0.15, 0.2) is 0 Å². The van der Waals surface area contributed by atoms with E-state index in [9.17, 15) is 9.59 Å². The van der Waals surface area contributed by atoms with Gasteiger partial charge in [-0.15, -0.1) is 0 Å². The first-order valence-electron chi connectivity index (χ1n) is 5.21. The molecule has 18 heavy (non-hydrogen) atoms. The van der Waals surface area contributed by atoms with Crippen LogP contribution in [0.4, 0.5) is 5.69 Å². The molecule has 1 aromatic rings. The number of hydrogen-bond donors (Lipinski definition) is 1. The molecule has 1 aromatic carbocycles. The largest absolute Gasteiger partial charge is 1.00 e. The van der Waals surface area contributed by atoms with E-state index in [0.29, 0.717) is 23.6 Å². The summed E-state index contributed by atoms with van der Waals surface area (Å²) < 4.78 is 9.97. The molecule has 0 aliphatic carbocycles. The number of amides is 1. The molecule has 1 amide bonds. The van der Waals surface area contributed by atoms with Crippen LogP contribution in [-0.4, -0.2) is 25.6 Å². The summed E-state index contributed by atoms with van der Waals surface area (Å²) in [6.45, 7) is 3.65. The van der Waals surface area contributed by atoms with E-state index in [0.717, 1.165) is 0 Å². The minimum Gasteiger partial charge on any atom is -1.00 e. The van der Waals surface area contributed by atoms with Crippen LogP contribution < -0.4 is 39.6 Å². The van der Waals surface area contributed by atoms with Gasteiger partial charge in [0.05, 0.1) is 13.7 Å². The van der Waals surface area contributed by atoms with Gasteiger partial charge in [0.25, 0.3) is 0 Å². The average Bonchev–Trinajstić information content (AvgIpc) is 2.28. The first-order valence-corrected chi connectivity index (χ1v) is 5.21. The van der Waals surface area contributed by atoms with Gasteiger partial charge in [0, 0.05) is 18.7 Å². The Morgan fingerprint density at radius 3 is 2.56 bits per heavy atom. The van der Waals surface area contributed by atoms with Crippen molar-refractivity contribution in [2.24, 2.45) is 0 Å². The molecule has 0 spiro atoms. The van der Waals surface area contributed by atoms with Gasteiger partial charge in [-0.25, -0.2) is 4.79 Å². The summed E-state index contributed by atoms with van der Waals surface area (Å²) in [5.41, 5.74) is 0.914. The van der Waals surface area contributed by atoms with Crippen molar-refractivity contribution in [1.29, 1.82) is 0 Å². The molecule has 1 N–H and O–H groups in total. The molecule has 6 heteroatoms. The summed E-state index contributed by atoms with van der Waals surface area (Å²) in [4.78, 5) is 22.4. The van der Waals surface area contributed by atoms with Gasteiger partial charge in [0.2, 0.25) is 5.91 Å². The second-order valence-corrected chi connectivity index (χ2v) is 3.32. The summed E-state index contributed by atoms with van der Waals surface area (Å²) in [6, 6.07) is 4.77. The van der Waals surface area contributed by atoms with E-state index >= 15 is 0 Å². The number of carbonyl (C=O) groups excluding carboxylic acids is 2. The number of esters is 1. The molecule has 0 saturated heterocycles. The van der Waals surface area contributed by atoms with Crippen LogP contribution in [0, 0.1) is 0 Å². The molecule has 0 radical (unpaired) electrons. The summed E-state index contributed by atoms with van der Waals surface area (Å²) in [6.07, 6.45) is 0. The van der Waals surface area contributed by atoms with E-state index in [-0.39, 0.29) is 36.9 Å². The maximum atomic E-state index is 11.5. The fourth-order valence-electron chi connectivity index (χ4n) is 1.36. The van der Waals surface area contributed by atoms with Crippen LogP contribution >= 0.6 is 0 Å². The number of methoxy groups -OCH3 is 1. The molecule has 0 saturated carbocycles. The first kappa shape index (κ1) is 17.0. The van der Waals surface area contributed by atoms with E-state index < -0.39 is 5.97 Å². The molecule has 1 rings (SSSR count). The predicted molar refractivity (Wildman–Crippen MR) is 64.4 cm³/mol. The molecule has 5 nitrogen and oxygen atoms in total. The van der Waals surface area contributed by atoms with E-state index in [2.05, 4.69) is 10.1 Å². The van der Waals surface area contributed by atoms with Gasteiger partial charge in [-0.1, -0.05) is 0 Å². The van der Waals surface area contributed by atoms with Crippen molar-refractivity contribution in [3.05, 3.63) is 23.8 Å². The second-order valence-electron chi connectivity index (χ2n) is 3.32. The topological polar surface area (TPSA) is 64.6 Å². The third-order valence-corrected chi connectivity index (χ3v) is 2.01. The van der Waals surface area contributed by atoms with Crippen molar-refractivity contribution < 1.29 is 50.0 Å². The van der Waals surface area contributed by atoms with Crippen molar-refractivity contribution >= 4 is 17.6 Å². The van der Waals surface area contributed by atoms with Crippen molar-refractivity contribution in [3.63, 3.8) is 0 Å². The molecule has 0 bridgehead atoms. The Morgan fingerprint density at radius 1 is 1.39 bits per heavy atom. The Morgan fingerprint density at radius 2 is 2.06 bits per heavy atom. The fourth-order valence-corrected chi connectivity index (χ4v) is 1.36. The number of anilines is 1. The zero-order chi connectivity index (χ0) is 12.8. The molecular formula is C12H16NNaO4. The quantitative estimate of drug-likeness (QED) is 0.555. The molecule has 0 fully saturated rings.